The number of hydrogen-bond donors (Lipinski definition) is 3. The van der Waals surface area contributed by atoms with Crippen molar-refractivity contribution in [1.29, 1.82) is 0 Å². The van der Waals surface area contributed by atoms with Gasteiger partial charge in [0, 0.05) is 51.0 Å². The van der Waals surface area contributed by atoms with Crippen molar-refractivity contribution in [2.45, 2.75) is 25.8 Å². The molecule has 4 N–H and O–H groups in total. The summed E-state index contributed by atoms with van der Waals surface area (Å²) in [7, 11) is 2.06. The Hall–Kier alpha value is -3.74. The second-order valence-corrected chi connectivity index (χ2v) is 10.5. The van der Waals surface area contributed by atoms with Crippen LogP contribution in [-0.2, 0) is 4.74 Å². The summed E-state index contributed by atoms with van der Waals surface area (Å²) < 4.78 is 21.1. The van der Waals surface area contributed by atoms with Crippen molar-refractivity contribution in [1.82, 2.24) is 25.2 Å². The summed E-state index contributed by atoms with van der Waals surface area (Å²) >= 11 is 6.33. The molecular weight excluding hydrogens is 539 g/mol. The molecule has 5 rings (SSSR count). The number of aromatic nitrogens is 3. The Bertz CT molecular complexity index is 1420. The average molecular weight is 571 g/mol. The average Bonchev–Trinajstić information content (AvgIpc) is 3.46. The lowest BCUT2D eigenvalue weighted by Crippen LogP contribution is -2.44. The standard InChI is InChI=1S/C27H32ClFN8O3/c1-16-24(28)19(14-20(30)25(16)29)26(38)32-21-13-18(3-4-23(21)36-9-7-35(2)8-10-36)37-15-22(33-34-37)27(39)31-17-5-11-40-12-6-17/h3-4,13-15,17H,5-12,30H2,1-2H3,(H,31,39)(H,32,38). The molecule has 40 heavy (non-hydrogen) atoms. The van der Waals surface area contributed by atoms with E-state index in [-0.39, 0.29) is 39.5 Å². The van der Waals surface area contributed by atoms with Gasteiger partial charge < -0.3 is 30.9 Å². The van der Waals surface area contributed by atoms with Gasteiger partial charge in [-0.3, -0.25) is 9.59 Å². The topological polar surface area (TPSA) is 131 Å². The lowest BCUT2D eigenvalue weighted by molar-refractivity contribution is 0.0694. The monoisotopic (exact) mass is 570 g/mol. The summed E-state index contributed by atoms with van der Waals surface area (Å²) in [6.07, 6.45) is 3.05. The molecule has 3 heterocycles. The number of halogens is 2. The van der Waals surface area contributed by atoms with Crippen LogP contribution in [0.25, 0.3) is 5.69 Å². The highest BCUT2D eigenvalue weighted by Crippen LogP contribution is 2.32. The molecule has 0 saturated carbocycles. The number of nitrogens with one attached hydrogen (secondary N) is 2. The highest BCUT2D eigenvalue weighted by atomic mass is 35.5. The number of rotatable bonds is 6. The predicted octanol–water partition coefficient (Wildman–Crippen LogP) is 2.86. The lowest BCUT2D eigenvalue weighted by Gasteiger charge is -2.35. The van der Waals surface area contributed by atoms with Crippen molar-refractivity contribution in [3.8, 4) is 5.69 Å². The van der Waals surface area contributed by atoms with E-state index in [2.05, 4.69) is 37.8 Å². The van der Waals surface area contributed by atoms with E-state index < -0.39 is 11.7 Å². The molecule has 0 spiro atoms. The van der Waals surface area contributed by atoms with Crippen LogP contribution < -0.4 is 21.3 Å². The summed E-state index contributed by atoms with van der Waals surface area (Å²) in [6.45, 7) is 5.96. The summed E-state index contributed by atoms with van der Waals surface area (Å²) in [5, 5.41) is 14.1. The van der Waals surface area contributed by atoms with Gasteiger partial charge in [-0.25, -0.2) is 9.07 Å². The molecule has 0 radical (unpaired) electrons. The van der Waals surface area contributed by atoms with E-state index >= 15 is 0 Å². The summed E-state index contributed by atoms with van der Waals surface area (Å²) in [5.41, 5.74) is 7.89. The Balaban J connectivity index is 1.43. The van der Waals surface area contributed by atoms with Gasteiger partial charge in [0.25, 0.3) is 11.8 Å². The molecule has 2 saturated heterocycles. The number of nitrogens with two attached hydrogens (primary N) is 1. The number of carbonyl (C=O) groups excluding carboxylic acids is 2. The van der Waals surface area contributed by atoms with Gasteiger partial charge in [0.05, 0.1) is 39.5 Å². The minimum atomic E-state index is -0.649. The Morgan fingerprint density at radius 1 is 1.12 bits per heavy atom. The SMILES string of the molecule is Cc1c(F)c(N)cc(C(=O)Nc2cc(-n3cc(C(=O)NC4CCOCC4)nn3)ccc2N2CCN(C)CC2)c1Cl. The highest BCUT2D eigenvalue weighted by Gasteiger charge is 2.23. The van der Waals surface area contributed by atoms with Gasteiger partial charge in [0.15, 0.2) is 11.5 Å². The Morgan fingerprint density at radius 2 is 1.85 bits per heavy atom. The number of carbonyl (C=O) groups is 2. The fraction of sp³-hybridized carbons (Fsp3) is 0.407. The number of piperazine rings is 1. The third-order valence-electron chi connectivity index (χ3n) is 7.31. The molecule has 0 bridgehead atoms. The van der Waals surface area contributed by atoms with Gasteiger partial charge in [-0.15, -0.1) is 5.10 Å². The number of nitrogen functional groups attached to an aromatic ring is 1. The van der Waals surface area contributed by atoms with Crippen LogP contribution in [0.4, 0.5) is 21.5 Å². The van der Waals surface area contributed by atoms with Crippen LogP contribution >= 0.6 is 11.6 Å². The van der Waals surface area contributed by atoms with E-state index in [1.165, 1.54) is 17.7 Å². The van der Waals surface area contributed by atoms with Crippen LogP contribution in [0.3, 0.4) is 0 Å². The van der Waals surface area contributed by atoms with Gasteiger partial charge in [0.2, 0.25) is 0 Å². The minimum Gasteiger partial charge on any atom is -0.396 e. The minimum absolute atomic E-state index is 0.00189. The van der Waals surface area contributed by atoms with Gasteiger partial charge in [0.1, 0.15) is 0 Å². The van der Waals surface area contributed by atoms with Crippen LogP contribution in [0.1, 0.15) is 39.3 Å². The van der Waals surface area contributed by atoms with Crippen LogP contribution in [-0.4, -0.2) is 84.2 Å². The Morgan fingerprint density at radius 3 is 2.58 bits per heavy atom. The second kappa shape index (κ2) is 11.8. The molecular formula is C27H32ClFN8O3. The molecule has 2 aliphatic heterocycles. The number of benzene rings is 2. The van der Waals surface area contributed by atoms with Gasteiger partial charge in [-0.05, 0) is 51.1 Å². The van der Waals surface area contributed by atoms with E-state index in [9.17, 15) is 14.0 Å². The maximum Gasteiger partial charge on any atom is 0.273 e. The fourth-order valence-electron chi connectivity index (χ4n) is 4.84. The predicted molar refractivity (Wildman–Crippen MR) is 151 cm³/mol. The number of nitrogens with zero attached hydrogens (tertiary/aromatic N) is 5. The van der Waals surface area contributed by atoms with Crippen molar-refractivity contribution >= 4 is 40.5 Å². The van der Waals surface area contributed by atoms with Crippen LogP contribution in [0, 0.1) is 12.7 Å². The fourth-order valence-corrected chi connectivity index (χ4v) is 5.06. The largest absolute Gasteiger partial charge is 0.396 e. The Labute approximate surface area is 236 Å². The van der Waals surface area contributed by atoms with Crippen molar-refractivity contribution in [2.75, 3.05) is 62.4 Å². The molecule has 1 aromatic heterocycles. The quantitative estimate of drug-likeness (QED) is 0.386. The first kappa shape index (κ1) is 27.8. The highest BCUT2D eigenvalue weighted by molar-refractivity contribution is 6.35. The summed E-state index contributed by atoms with van der Waals surface area (Å²) in [5.74, 6) is -1.48. The number of hydrogen-bond acceptors (Lipinski definition) is 8. The van der Waals surface area contributed by atoms with E-state index in [4.69, 9.17) is 22.1 Å². The molecule has 2 aliphatic rings. The smallest absolute Gasteiger partial charge is 0.273 e. The summed E-state index contributed by atoms with van der Waals surface area (Å²) in [4.78, 5) is 30.5. The van der Waals surface area contributed by atoms with Gasteiger partial charge in [-0.1, -0.05) is 16.8 Å². The maximum absolute atomic E-state index is 14.2. The van der Waals surface area contributed by atoms with Crippen LogP contribution in [0.15, 0.2) is 30.5 Å². The van der Waals surface area contributed by atoms with E-state index in [1.54, 1.807) is 12.3 Å². The molecule has 3 aromatic rings. The molecule has 0 aliphatic carbocycles. The van der Waals surface area contributed by atoms with Crippen molar-refractivity contribution in [3.63, 3.8) is 0 Å². The van der Waals surface area contributed by atoms with E-state index in [1.807, 2.05) is 12.1 Å². The first-order valence-corrected chi connectivity index (χ1v) is 13.5. The summed E-state index contributed by atoms with van der Waals surface area (Å²) in [6, 6.07) is 6.78. The molecule has 13 heteroatoms. The molecule has 0 unspecified atom stereocenters. The zero-order valence-corrected chi connectivity index (χ0v) is 23.2. The van der Waals surface area contributed by atoms with E-state index in [0.717, 1.165) is 44.7 Å². The molecule has 2 fully saturated rings. The third-order valence-corrected chi connectivity index (χ3v) is 7.80. The van der Waals surface area contributed by atoms with Crippen LogP contribution in [0.5, 0.6) is 0 Å². The first-order chi connectivity index (χ1) is 19.2. The molecule has 0 atom stereocenters. The van der Waals surface area contributed by atoms with Gasteiger partial charge in [-0.2, -0.15) is 0 Å². The molecule has 2 amide bonds. The number of ether oxygens (including phenoxy) is 1. The van der Waals surface area contributed by atoms with E-state index in [0.29, 0.717) is 24.6 Å². The number of likely N-dealkylation sites (N-methyl/N-ethyl adjacent to an activating group) is 1. The van der Waals surface area contributed by atoms with Gasteiger partial charge >= 0.3 is 0 Å². The molecule has 212 valence electrons. The normalized spacial score (nSPS) is 16.6. The number of amides is 2. The van der Waals surface area contributed by atoms with Crippen molar-refractivity contribution in [3.05, 3.63) is 58.1 Å². The Kier molecular flexibility index (Phi) is 8.19. The zero-order chi connectivity index (χ0) is 28.4. The zero-order valence-electron chi connectivity index (χ0n) is 22.4. The first-order valence-electron chi connectivity index (χ1n) is 13.2. The maximum atomic E-state index is 14.2. The second-order valence-electron chi connectivity index (χ2n) is 10.1. The van der Waals surface area contributed by atoms with Crippen molar-refractivity contribution in [2.24, 2.45) is 0 Å². The lowest BCUT2D eigenvalue weighted by atomic mass is 10.1. The molecule has 2 aromatic carbocycles. The molecule has 11 nitrogen and oxygen atoms in total. The third kappa shape index (κ3) is 5.88. The van der Waals surface area contributed by atoms with Crippen LogP contribution in [0.2, 0.25) is 5.02 Å². The van der Waals surface area contributed by atoms with Crippen molar-refractivity contribution < 1.29 is 18.7 Å². The number of anilines is 3.